The van der Waals surface area contributed by atoms with Gasteiger partial charge < -0.3 is 0 Å². The van der Waals surface area contributed by atoms with E-state index in [1.807, 2.05) is 6.92 Å². The maximum atomic E-state index is 13.5. The van der Waals surface area contributed by atoms with Gasteiger partial charge in [0.1, 0.15) is 0 Å². The molecule has 0 heterocycles. The zero-order chi connectivity index (χ0) is 11.7. The minimum Gasteiger partial charge on any atom is -0.218 e. The van der Waals surface area contributed by atoms with Crippen LogP contribution in [0.3, 0.4) is 0 Å². The molecule has 0 aliphatic carbocycles. The van der Waals surface area contributed by atoms with Crippen LogP contribution in [-0.2, 0) is 9.84 Å². The van der Waals surface area contributed by atoms with Gasteiger partial charge in [0.2, 0.25) is 9.84 Å². The Hall–Kier alpha value is -0.260. The number of hydrogen-bond acceptors (Lipinski definition) is 3. The van der Waals surface area contributed by atoms with Crippen molar-refractivity contribution < 1.29 is 12.8 Å². The summed E-state index contributed by atoms with van der Waals surface area (Å²) in [7, 11) is -4.14. The van der Waals surface area contributed by atoms with E-state index in [2.05, 4.69) is 0 Å². The molecule has 1 aromatic rings. The van der Waals surface area contributed by atoms with E-state index in [0.29, 0.717) is 11.8 Å². The summed E-state index contributed by atoms with van der Waals surface area (Å²) in [6.45, 7) is 1.81. The van der Waals surface area contributed by atoms with Crippen molar-refractivity contribution in [2.75, 3.05) is 6.26 Å². The fraction of sp³-hybridized carbons (Fsp3) is 0.333. The third-order valence-corrected chi connectivity index (χ3v) is 6.11. The van der Waals surface area contributed by atoms with Gasteiger partial charge in [-0.3, -0.25) is 0 Å². The summed E-state index contributed by atoms with van der Waals surface area (Å²) in [5, 5.41) is 0. The molecule has 0 spiro atoms. The van der Waals surface area contributed by atoms with Gasteiger partial charge in [0.15, 0.2) is 0 Å². The van der Waals surface area contributed by atoms with Crippen molar-refractivity contribution in [3.05, 3.63) is 29.8 Å². The number of rotatable bonds is 3. The monoisotopic (exact) mass is 268 g/mol. The third-order valence-electron chi connectivity index (χ3n) is 1.88. The van der Waals surface area contributed by atoms with Gasteiger partial charge in [-0.2, -0.15) is 4.39 Å². The first-order chi connectivity index (χ1) is 6.81. The third kappa shape index (κ3) is 2.46. The standard InChI is InChI=1S/C9H10ClFO2S2/c1-7-3-5-8(6-4-7)15(12,13)9(10,11)14-2/h3-6H,1-2H3. The zero-order valence-corrected chi connectivity index (χ0v) is 10.6. The van der Waals surface area contributed by atoms with Crippen molar-refractivity contribution in [3.8, 4) is 0 Å². The number of halogens is 2. The minimum absolute atomic E-state index is 0.111. The van der Waals surface area contributed by atoms with Gasteiger partial charge >= 0.3 is 3.79 Å². The average molecular weight is 269 g/mol. The van der Waals surface area contributed by atoms with Crippen molar-refractivity contribution in [1.29, 1.82) is 0 Å². The van der Waals surface area contributed by atoms with Gasteiger partial charge in [-0.15, -0.1) is 0 Å². The molecule has 6 heteroatoms. The smallest absolute Gasteiger partial charge is 0.218 e. The quantitative estimate of drug-likeness (QED) is 0.791. The molecule has 84 valence electrons. The Balaban J connectivity index is 3.24. The molecule has 0 bridgehead atoms. The number of hydrogen-bond donors (Lipinski definition) is 0. The van der Waals surface area contributed by atoms with Crippen molar-refractivity contribution in [2.24, 2.45) is 0 Å². The molecule has 0 saturated carbocycles. The molecule has 0 radical (unpaired) electrons. The van der Waals surface area contributed by atoms with E-state index in [1.165, 1.54) is 18.4 Å². The van der Waals surface area contributed by atoms with Gasteiger partial charge in [0.25, 0.3) is 0 Å². The average Bonchev–Trinajstić information content (AvgIpc) is 2.18. The molecule has 0 amide bonds. The summed E-state index contributed by atoms with van der Waals surface area (Å²) in [5.74, 6) is 0. The van der Waals surface area contributed by atoms with Crippen molar-refractivity contribution >= 4 is 33.2 Å². The molecule has 1 aromatic carbocycles. The van der Waals surface area contributed by atoms with Gasteiger partial charge in [0, 0.05) is 0 Å². The van der Waals surface area contributed by atoms with Crippen LogP contribution in [-0.4, -0.2) is 18.5 Å². The predicted molar refractivity (Wildman–Crippen MR) is 61.6 cm³/mol. The van der Waals surface area contributed by atoms with E-state index < -0.39 is 13.6 Å². The fourth-order valence-corrected chi connectivity index (χ4v) is 3.17. The first kappa shape index (κ1) is 12.8. The lowest BCUT2D eigenvalue weighted by molar-refractivity contribution is 0.476. The molecule has 1 atom stereocenters. The first-order valence-corrected chi connectivity index (χ1v) is 7.14. The van der Waals surface area contributed by atoms with Gasteiger partial charge in [0.05, 0.1) is 4.90 Å². The highest BCUT2D eigenvalue weighted by atomic mass is 35.5. The Bertz CT molecular complexity index is 440. The lowest BCUT2D eigenvalue weighted by Crippen LogP contribution is -2.23. The largest absolute Gasteiger partial charge is 0.333 e. The zero-order valence-electron chi connectivity index (χ0n) is 8.20. The highest BCUT2D eigenvalue weighted by molar-refractivity contribution is 8.15. The second-order valence-electron chi connectivity index (χ2n) is 2.98. The number of sulfone groups is 1. The maximum absolute atomic E-state index is 13.5. The predicted octanol–water partition coefficient (Wildman–Crippen LogP) is 2.95. The Morgan fingerprint density at radius 2 is 1.80 bits per heavy atom. The van der Waals surface area contributed by atoms with Crippen LogP contribution >= 0.6 is 23.4 Å². The summed E-state index contributed by atoms with van der Waals surface area (Å²) < 4.78 is 34.1. The van der Waals surface area contributed by atoms with E-state index in [4.69, 9.17) is 11.6 Å². The topological polar surface area (TPSA) is 34.1 Å². The number of benzene rings is 1. The Labute approximate surface area is 97.7 Å². The van der Waals surface area contributed by atoms with E-state index in [9.17, 15) is 12.8 Å². The second kappa shape index (κ2) is 4.31. The summed E-state index contributed by atoms with van der Waals surface area (Å²) in [5.41, 5.74) is 0.900. The molecule has 0 aliphatic rings. The van der Waals surface area contributed by atoms with E-state index in [1.54, 1.807) is 12.1 Å². The minimum atomic E-state index is -4.14. The van der Waals surface area contributed by atoms with E-state index >= 15 is 0 Å². The number of alkyl halides is 2. The van der Waals surface area contributed by atoms with Crippen LogP contribution in [0.2, 0.25) is 0 Å². The molecule has 0 N–H and O–H groups in total. The van der Waals surface area contributed by atoms with Crippen LogP contribution in [0.25, 0.3) is 0 Å². The maximum Gasteiger partial charge on any atom is 0.333 e. The Kier molecular flexibility index (Phi) is 3.68. The molecule has 1 unspecified atom stereocenters. The molecular weight excluding hydrogens is 259 g/mol. The van der Waals surface area contributed by atoms with Crippen LogP contribution < -0.4 is 0 Å². The van der Waals surface area contributed by atoms with Crippen LogP contribution in [0.5, 0.6) is 0 Å². The molecule has 0 aromatic heterocycles. The lowest BCUT2D eigenvalue weighted by atomic mass is 10.2. The van der Waals surface area contributed by atoms with E-state index in [-0.39, 0.29) is 4.90 Å². The van der Waals surface area contributed by atoms with Crippen LogP contribution in [0.15, 0.2) is 29.2 Å². The molecule has 1 rings (SSSR count). The Morgan fingerprint density at radius 3 is 2.20 bits per heavy atom. The molecule has 0 saturated heterocycles. The van der Waals surface area contributed by atoms with Crippen molar-refractivity contribution in [2.45, 2.75) is 15.6 Å². The van der Waals surface area contributed by atoms with E-state index in [0.717, 1.165) is 5.56 Å². The first-order valence-electron chi connectivity index (χ1n) is 4.05. The normalized spacial score (nSPS) is 16.0. The van der Waals surface area contributed by atoms with Gasteiger partial charge in [-0.05, 0) is 25.3 Å². The van der Waals surface area contributed by atoms with Gasteiger partial charge in [-0.1, -0.05) is 41.1 Å². The fourth-order valence-electron chi connectivity index (χ4n) is 0.964. The molecule has 0 fully saturated rings. The van der Waals surface area contributed by atoms with Crippen LogP contribution in [0, 0.1) is 6.92 Å². The number of thioether (sulfide) groups is 1. The SMILES string of the molecule is CSC(F)(Cl)S(=O)(=O)c1ccc(C)cc1. The lowest BCUT2D eigenvalue weighted by Gasteiger charge is -2.15. The summed E-state index contributed by atoms with van der Waals surface area (Å²) >= 11 is 5.74. The Morgan fingerprint density at radius 1 is 1.33 bits per heavy atom. The summed E-state index contributed by atoms with van der Waals surface area (Å²) in [4.78, 5) is -0.111. The molecule has 2 nitrogen and oxygen atoms in total. The summed E-state index contributed by atoms with van der Waals surface area (Å²) in [6, 6.07) is 5.88. The van der Waals surface area contributed by atoms with Gasteiger partial charge in [-0.25, -0.2) is 8.42 Å². The van der Waals surface area contributed by atoms with Crippen LogP contribution in [0.1, 0.15) is 5.56 Å². The molecule has 0 aliphatic heterocycles. The second-order valence-corrected chi connectivity index (χ2v) is 7.22. The highest BCUT2D eigenvalue weighted by Gasteiger charge is 2.42. The summed E-state index contributed by atoms with van der Waals surface area (Å²) in [6.07, 6.45) is 1.30. The molecular formula is C9H10ClFO2S2. The van der Waals surface area contributed by atoms with Crippen molar-refractivity contribution in [1.82, 2.24) is 0 Å². The number of aryl methyl sites for hydroxylation is 1. The molecule has 15 heavy (non-hydrogen) atoms. The highest BCUT2D eigenvalue weighted by Crippen LogP contribution is 2.39. The van der Waals surface area contributed by atoms with Crippen molar-refractivity contribution in [3.63, 3.8) is 0 Å². The van der Waals surface area contributed by atoms with Crippen LogP contribution in [0.4, 0.5) is 4.39 Å².